The van der Waals surface area contributed by atoms with Crippen molar-refractivity contribution < 1.29 is 27.1 Å². The van der Waals surface area contributed by atoms with E-state index in [9.17, 15) is 22.4 Å². The van der Waals surface area contributed by atoms with Crippen LogP contribution in [0.3, 0.4) is 0 Å². The third-order valence-electron chi connectivity index (χ3n) is 1.92. The number of hydrogen-bond donors (Lipinski definition) is 0. The molecule has 94 valence electrons. The lowest BCUT2D eigenvalue weighted by Crippen LogP contribution is -2.09. The highest BCUT2D eigenvalue weighted by Gasteiger charge is 2.24. The highest BCUT2D eigenvalue weighted by atomic mass is 127. The SMILES string of the molecule is CC(=O)c1cc(I)cc(OC(F)F)c1C(F)F. The fourth-order valence-corrected chi connectivity index (χ4v) is 1.90. The quantitative estimate of drug-likeness (QED) is 0.459. The second kappa shape index (κ2) is 5.65. The molecule has 0 aliphatic rings. The summed E-state index contributed by atoms with van der Waals surface area (Å²) in [5.41, 5.74) is -1.10. The molecule has 1 rings (SSSR count). The number of ether oxygens (including phenoxy) is 1. The van der Waals surface area contributed by atoms with Crippen LogP contribution in [-0.2, 0) is 0 Å². The third kappa shape index (κ3) is 3.55. The van der Waals surface area contributed by atoms with Gasteiger partial charge in [-0.1, -0.05) is 0 Å². The molecule has 0 heterocycles. The lowest BCUT2D eigenvalue weighted by atomic mass is 10.0. The zero-order chi connectivity index (χ0) is 13.2. The summed E-state index contributed by atoms with van der Waals surface area (Å²) in [5.74, 6) is -1.29. The van der Waals surface area contributed by atoms with Crippen molar-refractivity contribution in [3.63, 3.8) is 0 Å². The van der Waals surface area contributed by atoms with E-state index < -0.39 is 30.1 Å². The van der Waals surface area contributed by atoms with Gasteiger partial charge < -0.3 is 4.74 Å². The van der Waals surface area contributed by atoms with Gasteiger partial charge in [0.2, 0.25) is 0 Å². The van der Waals surface area contributed by atoms with Crippen LogP contribution >= 0.6 is 22.6 Å². The van der Waals surface area contributed by atoms with Gasteiger partial charge in [0, 0.05) is 9.13 Å². The van der Waals surface area contributed by atoms with Crippen molar-refractivity contribution in [1.29, 1.82) is 0 Å². The normalized spacial score (nSPS) is 11.1. The number of ketones is 1. The molecule has 17 heavy (non-hydrogen) atoms. The number of rotatable bonds is 4. The van der Waals surface area contributed by atoms with Crippen LogP contribution in [0, 0.1) is 3.57 Å². The number of Topliss-reactive ketones (excluding diaryl/α,β-unsaturated/α-hetero) is 1. The highest BCUT2D eigenvalue weighted by molar-refractivity contribution is 14.1. The maximum absolute atomic E-state index is 12.8. The second-order valence-corrected chi connectivity index (χ2v) is 4.35. The highest BCUT2D eigenvalue weighted by Crippen LogP contribution is 2.35. The lowest BCUT2D eigenvalue weighted by molar-refractivity contribution is -0.0520. The zero-order valence-corrected chi connectivity index (χ0v) is 10.7. The zero-order valence-electron chi connectivity index (χ0n) is 8.52. The molecule has 1 aromatic rings. The van der Waals surface area contributed by atoms with Gasteiger partial charge in [-0.05, 0) is 41.6 Å². The maximum Gasteiger partial charge on any atom is 0.387 e. The molecule has 0 saturated heterocycles. The topological polar surface area (TPSA) is 26.3 Å². The van der Waals surface area contributed by atoms with Crippen molar-refractivity contribution in [2.45, 2.75) is 20.0 Å². The predicted octanol–water partition coefficient (Wildman–Crippen LogP) is 4.03. The van der Waals surface area contributed by atoms with Crippen molar-refractivity contribution in [1.82, 2.24) is 0 Å². The first-order chi connectivity index (χ1) is 7.82. The van der Waals surface area contributed by atoms with E-state index in [4.69, 9.17) is 0 Å². The molecule has 0 radical (unpaired) electrons. The molecule has 0 fully saturated rings. The number of carbonyl (C=O) groups excluding carboxylic acids is 1. The Morgan fingerprint density at radius 2 is 1.88 bits per heavy atom. The number of alkyl halides is 4. The molecule has 7 heteroatoms. The number of benzene rings is 1. The van der Waals surface area contributed by atoms with Crippen molar-refractivity contribution in [2.75, 3.05) is 0 Å². The molecule has 0 saturated carbocycles. The molecule has 0 bridgehead atoms. The largest absolute Gasteiger partial charge is 0.434 e. The standard InChI is InChI=1S/C10H7F4IO2/c1-4(16)6-2-5(15)3-7(17-10(13)14)8(6)9(11)12/h2-3,9-10H,1H3. The van der Waals surface area contributed by atoms with Gasteiger partial charge in [0.25, 0.3) is 6.43 Å². The van der Waals surface area contributed by atoms with E-state index in [-0.39, 0.29) is 5.56 Å². The molecule has 0 aromatic heterocycles. The van der Waals surface area contributed by atoms with E-state index in [1.807, 2.05) is 0 Å². The van der Waals surface area contributed by atoms with Gasteiger partial charge in [0.15, 0.2) is 5.78 Å². The minimum Gasteiger partial charge on any atom is -0.434 e. The molecule has 2 nitrogen and oxygen atoms in total. The molecule has 0 aliphatic carbocycles. The van der Waals surface area contributed by atoms with Gasteiger partial charge in [0.1, 0.15) is 5.75 Å². The number of carbonyl (C=O) groups is 1. The first-order valence-electron chi connectivity index (χ1n) is 4.40. The van der Waals surface area contributed by atoms with Crippen molar-refractivity contribution in [3.8, 4) is 5.75 Å². The Morgan fingerprint density at radius 3 is 2.29 bits per heavy atom. The molecule has 0 amide bonds. The summed E-state index contributed by atoms with van der Waals surface area (Å²) in [7, 11) is 0. The van der Waals surface area contributed by atoms with Crippen LogP contribution in [0.5, 0.6) is 5.75 Å². The Bertz CT molecular complexity index is 435. The van der Waals surface area contributed by atoms with E-state index >= 15 is 0 Å². The molecular weight excluding hydrogens is 355 g/mol. The summed E-state index contributed by atoms with van der Waals surface area (Å²) in [6.45, 7) is -2.13. The molecule has 0 N–H and O–H groups in total. The summed E-state index contributed by atoms with van der Waals surface area (Å²) in [4.78, 5) is 11.2. The second-order valence-electron chi connectivity index (χ2n) is 3.10. The average molecular weight is 362 g/mol. The summed E-state index contributed by atoms with van der Waals surface area (Å²) in [6.07, 6.45) is -3.06. The molecule has 0 spiro atoms. The maximum atomic E-state index is 12.8. The Labute approximate surface area is 108 Å². The summed E-state index contributed by atoms with van der Waals surface area (Å²) in [5, 5.41) is 0. The first kappa shape index (κ1) is 14.2. The third-order valence-corrected chi connectivity index (χ3v) is 2.54. The molecule has 0 aliphatic heterocycles. The van der Waals surface area contributed by atoms with E-state index in [2.05, 4.69) is 4.74 Å². The van der Waals surface area contributed by atoms with Gasteiger partial charge in [-0.15, -0.1) is 0 Å². The van der Waals surface area contributed by atoms with Gasteiger partial charge in [-0.25, -0.2) is 8.78 Å². The van der Waals surface area contributed by atoms with E-state index in [1.165, 1.54) is 6.07 Å². The fourth-order valence-electron chi connectivity index (χ4n) is 1.30. The Morgan fingerprint density at radius 1 is 1.29 bits per heavy atom. The van der Waals surface area contributed by atoms with Gasteiger partial charge >= 0.3 is 6.61 Å². The van der Waals surface area contributed by atoms with E-state index in [0.717, 1.165) is 13.0 Å². The van der Waals surface area contributed by atoms with E-state index in [0.29, 0.717) is 3.57 Å². The summed E-state index contributed by atoms with van der Waals surface area (Å²) in [6, 6.07) is 2.25. The van der Waals surface area contributed by atoms with Crippen LogP contribution in [0.25, 0.3) is 0 Å². The van der Waals surface area contributed by atoms with Gasteiger partial charge in [0.05, 0.1) is 5.56 Å². The van der Waals surface area contributed by atoms with Crippen LogP contribution < -0.4 is 4.74 Å². The summed E-state index contributed by atoms with van der Waals surface area (Å²) < 4.78 is 54.0. The minimum absolute atomic E-state index is 0.303. The number of hydrogen-bond acceptors (Lipinski definition) is 2. The smallest absolute Gasteiger partial charge is 0.387 e. The minimum atomic E-state index is -3.22. The van der Waals surface area contributed by atoms with Crippen LogP contribution in [0.4, 0.5) is 17.6 Å². The van der Waals surface area contributed by atoms with Crippen molar-refractivity contribution in [2.24, 2.45) is 0 Å². The molecule has 0 atom stereocenters. The first-order valence-corrected chi connectivity index (χ1v) is 5.48. The van der Waals surface area contributed by atoms with Gasteiger partial charge in [-0.3, -0.25) is 4.79 Å². The predicted molar refractivity (Wildman–Crippen MR) is 60.8 cm³/mol. The van der Waals surface area contributed by atoms with Crippen molar-refractivity contribution >= 4 is 28.4 Å². The summed E-state index contributed by atoms with van der Waals surface area (Å²) >= 11 is 1.73. The average Bonchev–Trinajstić information content (AvgIpc) is 2.14. The van der Waals surface area contributed by atoms with E-state index in [1.54, 1.807) is 22.6 Å². The van der Waals surface area contributed by atoms with Crippen LogP contribution in [0.1, 0.15) is 29.3 Å². The monoisotopic (exact) mass is 362 g/mol. The van der Waals surface area contributed by atoms with Crippen LogP contribution in [-0.4, -0.2) is 12.4 Å². The van der Waals surface area contributed by atoms with Crippen LogP contribution in [0.2, 0.25) is 0 Å². The Kier molecular flexibility index (Phi) is 4.72. The Hall–Kier alpha value is -0.860. The molecular formula is C10H7F4IO2. The lowest BCUT2D eigenvalue weighted by Gasteiger charge is -2.13. The molecule has 1 aromatic carbocycles. The van der Waals surface area contributed by atoms with Crippen molar-refractivity contribution in [3.05, 3.63) is 26.8 Å². The van der Waals surface area contributed by atoms with Crippen LogP contribution in [0.15, 0.2) is 12.1 Å². The number of halogens is 5. The Balaban J connectivity index is 3.40. The molecule has 0 unspecified atom stereocenters. The fraction of sp³-hybridized carbons (Fsp3) is 0.300. The van der Waals surface area contributed by atoms with Gasteiger partial charge in [-0.2, -0.15) is 8.78 Å².